The van der Waals surface area contributed by atoms with Crippen LogP contribution in [0.2, 0.25) is 5.02 Å². The Morgan fingerprint density at radius 3 is 2.33 bits per heavy atom. The Bertz CT molecular complexity index is 566. The van der Waals surface area contributed by atoms with E-state index in [2.05, 4.69) is 4.72 Å². The molecule has 1 saturated carbocycles. The molecule has 0 atom stereocenters. The molecule has 21 heavy (non-hydrogen) atoms. The van der Waals surface area contributed by atoms with Crippen LogP contribution in [-0.4, -0.2) is 21.6 Å². The van der Waals surface area contributed by atoms with E-state index in [4.69, 9.17) is 16.3 Å². The topological polar surface area (TPSA) is 55.4 Å². The number of rotatable bonds is 4. The zero-order valence-electron chi connectivity index (χ0n) is 12.3. The fourth-order valence-corrected chi connectivity index (χ4v) is 4.33. The molecule has 1 N–H and O–H groups in total. The summed E-state index contributed by atoms with van der Waals surface area (Å²) < 4.78 is 32.7. The third-order valence-corrected chi connectivity index (χ3v) is 5.67. The lowest BCUT2D eigenvalue weighted by atomic mass is 9.97. The molecular weight excluding hydrogens is 310 g/mol. The lowest BCUT2D eigenvalue weighted by Gasteiger charge is -2.21. The van der Waals surface area contributed by atoms with Crippen LogP contribution in [0.1, 0.15) is 44.9 Å². The van der Waals surface area contributed by atoms with Crippen molar-refractivity contribution in [3.8, 4) is 5.75 Å². The van der Waals surface area contributed by atoms with Gasteiger partial charge in [-0.05, 0) is 31.0 Å². The molecule has 0 bridgehead atoms. The van der Waals surface area contributed by atoms with Gasteiger partial charge in [0.05, 0.1) is 17.0 Å². The molecule has 0 radical (unpaired) electrons. The number of ether oxygens (including phenoxy) is 1. The van der Waals surface area contributed by atoms with Gasteiger partial charge in [0, 0.05) is 6.04 Å². The Balaban J connectivity index is 2.11. The molecule has 0 amide bonds. The maximum absolute atomic E-state index is 12.4. The van der Waals surface area contributed by atoms with Crippen molar-refractivity contribution in [2.45, 2.75) is 55.9 Å². The summed E-state index contributed by atoms with van der Waals surface area (Å²) in [6, 6.07) is 4.56. The van der Waals surface area contributed by atoms with Crippen molar-refractivity contribution in [2.75, 3.05) is 7.11 Å². The van der Waals surface area contributed by atoms with E-state index in [9.17, 15) is 8.42 Å². The second kappa shape index (κ2) is 7.47. The summed E-state index contributed by atoms with van der Waals surface area (Å²) in [5.74, 6) is 0.474. The number of hydrogen-bond donors (Lipinski definition) is 1. The summed E-state index contributed by atoms with van der Waals surface area (Å²) >= 11 is 6.01. The molecule has 0 saturated heterocycles. The highest BCUT2D eigenvalue weighted by molar-refractivity contribution is 7.89. The molecule has 1 aromatic carbocycles. The van der Waals surface area contributed by atoms with Gasteiger partial charge in [0.15, 0.2) is 0 Å². The Labute approximate surface area is 131 Å². The first-order chi connectivity index (χ1) is 10.0. The Morgan fingerprint density at radius 1 is 1.14 bits per heavy atom. The van der Waals surface area contributed by atoms with Gasteiger partial charge in [0.1, 0.15) is 5.75 Å². The maximum atomic E-state index is 12.4. The molecule has 0 spiro atoms. The first-order valence-corrected chi connectivity index (χ1v) is 9.25. The minimum atomic E-state index is -3.53. The van der Waals surface area contributed by atoms with Gasteiger partial charge in [-0.2, -0.15) is 0 Å². The van der Waals surface area contributed by atoms with Crippen molar-refractivity contribution in [3.05, 3.63) is 23.2 Å². The van der Waals surface area contributed by atoms with Crippen molar-refractivity contribution >= 4 is 21.6 Å². The van der Waals surface area contributed by atoms with Crippen LogP contribution >= 0.6 is 11.6 Å². The molecule has 0 unspecified atom stereocenters. The van der Waals surface area contributed by atoms with E-state index in [-0.39, 0.29) is 10.9 Å². The van der Waals surface area contributed by atoms with E-state index in [0.29, 0.717) is 10.8 Å². The zero-order chi connectivity index (χ0) is 15.3. The van der Waals surface area contributed by atoms with Crippen molar-refractivity contribution in [3.63, 3.8) is 0 Å². The molecule has 0 aromatic heterocycles. The summed E-state index contributed by atoms with van der Waals surface area (Å²) in [6.07, 6.45) is 7.60. The van der Waals surface area contributed by atoms with Gasteiger partial charge in [-0.15, -0.1) is 0 Å². The lowest BCUT2D eigenvalue weighted by molar-refractivity contribution is 0.414. The van der Waals surface area contributed by atoms with Crippen LogP contribution in [0, 0.1) is 0 Å². The van der Waals surface area contributed by atoms with Crippen LogP contribution in [0.5, 0.6) is 5.75 Å². The fraction of sp³-hybridized carbons (Fsp3) is 0.600. The summed E-state index contributed by atoms with van der Waals surface area (Å²) in [5, 5.41) is 0.304. The SMILES string of the molecule is COc1ccc(S(=O)(=O)NC2CCCCCCC2)cc1Cl. The first kappa shape index (κ1) is 16.6. The molecule has 4 nitrogen and oxygen atoms in total. The molecule has 0 aliphatic heterocycles. The molecule has 2 rings (SSSR count). The monoisotopic (exact) mass is 331 g/mol. The molecule has 1 aliphatic carbocycles. The number of benzene rings is 1. The molecule has 6 heteroatoms. The van der Waals surface area contributed by atoms with E-state index < -0.39 is 10.0 Å². The molecule has 0 heterocycles. The second-order valence-electron chi connectivity index (χ2n) is 5.46. The van der Waals surface area contributed by atoms with Crippen LogP contribution in [0.25, 0.3) is 0 Å². The number of nitrogens with one attached hydrogen (secondary N) is 1. The van der Waals surface area contributed by atoms with Crippen molar-refractivity contribution in [1.82, 2.24) is 4.72 Å². The van der Waals surface area contributed by atoms with Gasteiger partial charge >= 0.3 is 0 Å². The molecule has 1 fully saturated rings. The second-order valence-corrected chi connectivity index (χ2v) is 7.58. The quantitative estimate of drug-likeness (QED) is 0.914. The van der Waals surface area contributed by atoms with Crippen LogP contribution < -0.4 is 9.46 Å². The van der Waals surface area contributed by atoms with Crippen molar-refractivity contribution in [1.29, 1.82) is 0 Å². The lowest BCUT2D eigenvalue weighted by Crippen LogP contribution is -2.35. The summed E-state index contributed by atoms with van der Waals surface area (Å²) in [4.78, 5) is 0.190. The van der Waals surface area contributed by atoms with Gasteiger partial charge in [-0.25, -0.2) is 13.1 Å². The third-order valence-electron chi connectivity index (χ3n) is 3.86. The fourth-order valence-electron chi connectivity index (χ4n) is 2.68. The number of halogens is 1. The minimum Gasteiger partial charge on any atom is -0.495 e. The predicted octanol–water partition coefficient (Wildman–Crippen LogP) is 3.74. The highest BCUT2D eigenvalue weighted by atomic mass is 35.5. The first-order valence-electron chi connectivity index (χ1n) is 7.39. The van der Waals surface area contributed by atoms with E-state index in [0.717, 1.165) is 25.7 Å². The number of methoxy groups -OCH3 is 1. The highest BCUT2D eigenvalue weighted by Crippen LogP contribution is 2.27. The Kier molecular flexibility index (Phi) is 5.90. The van der Waals surface area contributed by atoms with E-state index >= 15 is 0 Å². The molecule has 118 valence electrons. The van der Waals surface area contributed by atoms with E-state index in [1.165, 1.54) is 38.5 Å². The van der Waals surface area contributed by atoms with Gasteiger partial charge in [0.25, 0.3) is 0 Å². The number of sulfonamides is 1. The zero-order valence-corrected chi connectivity index (χ0v) is 13.8. The van der Waals surface area contributed by atoms with Crippen LogP contribution in [0.4, 0.5) is 0 Å². The van der Waals surface area contributed by atoms with Crippen LogP contribution in [-0.2, 0) is 10.0 Å². The Morgan fingerprint density at radius 2 is 1.76 bits per heavy atom. The van der Waals surface area contributed by atoms with E-state index in [1.54, 1.807) is 6.07 Å². The number of hydrogen-bond acceptors (Lipinski definition) is 3. The maximum Gasteiger partial charge on any atom is 0.240 e. The normalized spacial score (nSPS) is 18.0. The smallest absolute Gasteiger partial charge is 0.240 e. The molecule has 1 aromatic rings. The average Bonchev–Trinajstić information content (AvgIpc) is 2.41. The van der Waals surface area contributed by atoms with Crippen LogP contribution in [0.3, 0.4) is 0 Å². The van der Waals surface area contributed by atoms with Gasteiger partial charge in [-0.1, -0.05) is 43.7 Å². The van der Waals surface area contributed by atoms with Crippen LogP contribution in [0.15, 0.2) is 23.1 Å². The summed E-state index contributed by atoms with van der Waals surface area (Å²) in [6.45, 7) is 0. The van der Waals surface area contributed by atoms with Gasteiger partial charge < -0.3 is 4.74 Å². The highest BCUT2D eigenvalue weighted by Gasteiger charge is 2.21. The summed E-state index contributed by atoms with van der Waals surface area (Å²) in [7, 11) is -2.02. The standard InChI is InChI=1S/C15H22ClNO3S/c1-20-15-10-9-13(11-14(15)16)21(18,19)17-12-7-5-3-2-4-6-8-12/h9-12,17H,2-8H2,1H3. The van der Waals surface area contributed by atoms with Gasteiger partial charge in [-0.3, -0.25) is 0 Å². The molecular formula is C15H22ClNO3S. The third kappa shape index (κ3) is 4.59. The van der Waals surface area contributed by atoms with Gasteiger partial charge in [0.2, 0.25) is 10.0 Å². The van der Waals surface area contributed by atoms with Crippen molar-refractivity contribution < 1.29 is 13.2 Å². The largest absolute Gasteiger partial charge is 0.495 e. The minimum absolute atomic E-state index is 0.0242. The average molecular weight is 332 g/mol. The predicted molar refractivity (Wildman–Crippen MR) is 84.4 cm³/mol. The molecule has 1 aliphatic rings. The van der Waals surface area contributed by atoms with E-state index in [1.807, 2.05) is 0 Å². The van der Waals surface area contributed by atoms with Crippen molar-refractivity contribution in [2.24, 2.45) is 0 Å². The summed E-state index contributed by atoms with van der Waals surface area (Å²) in [5.41, 5.74) is 0. The Hall–Kier alpha value is -0.780.